The van der Waals surface area contributed by atoms with Gasteiger partial charge in [0.1, 0.15) is 0 Å². The van der Waals surface area contributed by atoms with Gasteiger partial charge in [0.2, 0.25) is 0 Å². The molecule has 1 saturated heterocycles. The molecule has 0 amide bonds. The second-order valence-electron chi connectivity index (χ2n) is 3.71. The molecule has 1 fully saturated rings. The lowest BCUT2D eigenvalue weighted by atomic mass is 10.2. The van der Waals surface area contributed by atoms with Gasteiger partial charge in [-0.15, -0.1) is 0 Å². The van der Waals surface area contributed by atoms with Crippen molar-refractivity contribution in [1.82, 2.24) is 9.80 Å². The molecular weight excluding hydrogens is 174 g/mol. The molecule has 14 heavy (non-hydrogen) atoms. The highest BCUT2D eigenvalue weighted by atomic mass is 15.3. The molecule has 1 atom stereocenters. The Labute approximate surface area is 86.6 Å². The quantitative estimate of drug-likeness (QED) is 0.629. The summed E-state index contributed by atoms with van der Waals surface area (Å²) in [4.78, 5) is 4.66. The highest BCUT2D eigenvalue weighted by Gasteiger charge is 2.19. The van der Waals surface area contributed by atoms with Crippen LogP contribution in [-0.4, -0.2) is 48.6 Å². The van der Waals surface area contributed by atoms with E-state index in [1.54, 1.807) is 0 Å². The average Bonchev–Trinajstić information content (AvgIpc) is 2.26. The van der Waals surface area contributed by atoms with Gasteiger partial charge >= 0.3 is 0 Å². The monoisotopic (exact) mass is 193 g/mol. The zero-order valence-corrected chi connectivity index (χ0v) is 9.11. The smallest absolute Gasteiger partial charge is 0.0950 e. The maximum absolute atomic E-state index is 8.78. The molecule has 3 nitrogen and oxygen atoms in total. The molecule has 0 aromatic heterocycles. The topological polar surface area (TPSA) is 30.3 Å². The van der Waals surface area contributed by atoms with Crippen LogP contribution in [0.3, 0.4) is 0 Å². The fourth-order valence-electron chi connectivity index (χ4n) is 1.67. The minimum atomic E-state index is 0.0684. The van der Waals surface area contributed by atoms with E-state index in [4.69, 9.17) is 5.26 Å². The zero-order valence-electron chi connectivity index (χ0n) is 9.11. The number of allylic oxidation sites excluding steroid dienone is 1. The summed E-state index contributed by atoms with van der Waals surface area (Å²) in [5.74, 6) is 0. The van der Waals surface area contributed by atoms with E-state index in [-0.39, 0.29) is 6.04 Å². The van der Waals surface area contributed by atoms with Gasteiger partial charge in [-0.2, -0.15) is 5.26 Å². The SMILES string of the molecule is C/C=C/CN1CCN(C(C)C#N)CC1. The van der Waals surface area contributed by atoms with Crippen molar-refractivity contribution >= 4 is 0 Å². The maximum Gasteiger partial charge on any atom is 0.0950 e. The second kappa shape index (κ2) is 5.79. The van der Waals surface area contributed by atoms with Gasteiger partial charge in [0.05, 0.1) is 12.1 Å². The second-order valence-corrected chi connectivity index (χ2v) is 3.71. The molecule has 0 bridgehead atoms. The van der Waals surface area contributed by atoms with Crippen LogP contribution in [0.2, 0.25) is 0 Å². The Morgan fingerprint density at radius 3 is 2.50 bits per heavy atom. The van der Waals surface area contributed by atoms with Crippen LogP contribution >= 0.6 is 0 Å². The predicted molar refractivity (Wildman–Crippen MR) is 57.9 cm³/mol. The first-order chi connectivity index (χ1) is 6.77. The first kappa shape index (κ1) is 11.2. The van der Waals surface area contributed by atoms with Crippen LogP contribution in [-0.2, 0) is 0 Å². The van der Waals surface area contributed by atoms with Crippen molar-refractivity contribution in [2.75, 3.05) is 32.7 Å². The number of rotatable bonds is 3. The van der Waals surface area contributed by atoms with Gasteiger partial charge in [0, 0.05) is 32.7 Å². The first-order valence-corrected chi connectivity index (χ1v) is 5.25. The molecule has 0 radical (unpaired) electrons. The van der Waals surface area contributed by atoms with Gasteiger partial charge in [0.15, 0.2) is 0 Å². The minimum Gasteiger partial charge on any atom is -0.297 e. The van der Waals surface area contributed by atoms with Crippen molar-refractivity contribution in [3.63, 3.8) is 0 Å². The third kappa shape index (κ3) is 3.13. The van der Waals surface area contributed by atoms with E-state index >= 15 is 0 Å². The molecule has 1 rings (SSSR count). The average molecular weight is 193 g/mol. The molecule has 0 aliphatic carbocycles. The molecular formula is C11H19N3. The molecule has 0 aromatic rings. The van der Waals surface area contributed by atoms with Crippen molar-refractivity contribution < 1.29 is 0 Å². The fourth-order valence-corrected chi connectivity index (χ4v) is 1.67. The molecule has 0 N–H and O–H groups in total. The summed E-state index contributed by atoms with van der Waals surface area (Å²) in [6.45, 7) is 9.27. The normalized spacial score (nSPS) is 22.4. The molecule has 0 aromatic carbocycles. The number of hydrogen-bond acceptors (Lipinski definition) is 3. The van der Waals surface area contributed by atoms with Gasteiger partial charge in [-0.1, -0.05) is 12.2 Å². The molecule has 1 heterocycles. The summed E-state index contributed by atoms with van der Waals surface area (Å²) < 4.78 is 0. The number of piperazine rings is 1. The van der Waals surface area contributed by atoms with E-state index in [9.17, 15) is 0 Å². The van der Waals surface area contributed by atoms with Crippen LogP contribution in [0.5, 0.6) is 0 Å². The molecule has 78 valence electrons. The van der Waals surface area contributed by atoms with E-state index in [0.29, 0.717) is 0 Å². The Hall–Kier alpha value is -0.850. The Morgan fingerprint density at radius 2 is 2.00 bits per heavy atom. The third-order valence-corrected chi connectivity index (χ3v) is 2.74. The van der Waals surface area contributed by atoms with E-state index in [0.717, 1.165) is 32.7 Å². The highest BCUT2D eigenvalue weighted by Crippen LogP contribution is 2.05. The van der Waals surface area contributed by atoms with Gasteiger partial charge in [-0.3, -0.25) is 9.80 Å². The predicted octanol–water partition coefficient (Wildman–Crippen LogP) is 1.09. The van der Waals surface area contributed by atoms with Crippen molar-refractivity contribution in [1.29, 1.82) is 5.26 Å². The van der Waals surface area contributed by atoms with Gasteiger partial charge in [0.25, 0.3) is 0 Å². The molecule has 3 heteroatoms. The first-order valence-electron chi connectivity index (χ1n) is 5.25. The molecule has 1 aliphatic rings. The summed E-state index contributed by atoms with van der Waals surface area (Å²) in [7, 11) is 0. The fraction of sp³-hybridized carbons (Fsp3) is 0.727. The lowest BCUT2D eigenvalue weighted by Crippen LogP contribution is -2.49. The number of nitriles is 1. The highest BCUT2D eigenvalue weighted by molar-refractivity contribution is 4.91. The summed E-state index contributed by atoms with van der Waals surface area (Å²) in [5.41, 5.74) is 0. The minimum absolute atomic E-state index is 0.0684. The summed E-state index contributed by atoms with van der Waals surface area (Å²) >= 11 is 0. The molecule has 0 spiro atoms. The van der Waals surface area contributed by atoms with Crippen molar-refractivity contribution in [3.05, 3.63) is 12.2 Å². The van der Waals surface area contributed by atoms with Gasteiger partial charge in [-0.25, -0.2) is 0 Å². The Kier molecular flexibility index (Phi) is 4.64. The molecule has 1 aliphatic heterocycles. The maximum atomic E-state index is 8.78. The van der Waals surface area contributed by atoms with Gasteiger partial charge < -0.3 is 0 Å². The van der Waals surface area contributed by atoms with E-state index < -0.39 is 0 Å². The van der Waals surface area contributed by atoms with Crippen LogP contribution in [0.4, 0.5) is 0 Å². The van der Waals surface area contributed by atoms with E-state index in [1.165, 1.54) is 0 Å². The zero-order chi connectivity index (χ0) is 10.4. The van der Waals surface area contributed by atoms with Crippen LogP contribution in [0.25, 0.3) is 0 Å². The van der Waals surface area contributed by atoms with Gasteiger partial charge in [-0.05, 0) is 13.8 Å². The van der Waals surface area contributed by atoms with Crippen LogP contribution < -0.4 is 0 Å². The Bertz CT molecular complexity index is 221. The van der Waals surface area contributed by atoms with Crippen LogP contribution in [0.15, 0.2) is 12.2 Å². The Morgan fingerprint density at radius 1 is 1.36 bits per heavy atom. The van der Waals surface area contributed by atoms with Crippen LogP contribution in [0.1, 0.15) is 13.8 Å². The number of nitrogens with zero attached hydrogens (tertiary/aromatic N) is 3. The number of hydrogen-bond donors (Lipinski definition) is 0. The summed E-state index contributed by atoms with van der Waals surface area (Å²) in [6.07, 6.45) is 4.27. The molecule has 0 saturated carbocycles. The lowest BCUT2D eigenvalue weighted by molar-refractivity contribution is 0.128. The largest absolute Gasteiger partial charge is 0.297 e. The molecule has 1 unspecified atom stereocenters. The summed E-state index contributed by atoms with van der Waals surface area (Å²) in [5, 5.41) is 8.78. The summed E-state index contributed by atoms with van der Waals surface area (Å²) in [6, 6.07) is 2.35. The van der Waals surface area contributed by atoms with E-state index in [2.05, 4.69) is 28.0 Å². The van der Waals surface area contributed by atoms with Crippen LogP contribution in [0, 0.1) is 11.3 Å². The van der Waals surface area contributed by atoms with Crippen molar-refractivity contribution in [3.8, 4) is 6.07 Å². The third-order valence-electron chi connectivity index (χ3n) is 2.74. The van der Waals surface area contributed by atoms with E-state index in [1.807, 2.05) is 13.8 Å². The standard InChI is InChI=1S/C11H19N3/c1-3-4-5-13-6-8-14(9-7-13)11(2)10-12/h3-4,11H,5-9H2,1-2H3/b4-3+. The lowest BCUT2D eigenvalue weighted by Gasteiger charge is -2.35. The Balaban J connectivity index is 2.28. The van der Waals surface area contributed by atoms with Crippen molar-refractivity contribution in [2.45, 2.75) is 19.9 Å². The van der Waals surface area contributed by atoms with Crippen molar-refractivity contribution in [2.24, 2.45) is 0 Å².